The minimum Gasteiger partial charge on any atom is -0.497 e. The van der Waals surface area contributed by atoms with Gasteiger partial charge in [0, 0.05) is 11.6 Å². The minimum absolute atomic E-state index is 0.113. The third-order valence-electron chi connectivity index (χ3n) is 6.45. The van der Waals surface area contributed by atoms with E-state index in [1.165, 1.54) is 7.11 Å². The van der Waals surface area contributed by atoms with E-state index in [4.69, 9.17) is 9.47 Å². The van der Waals surface area contributed by atoms with Crippen LogP contribution in [-0.2, 0) is 10.0 Å². The molecule has 0 spiro atoms. The van der Waals surface area contributed by atoms with Gasteiger partial charge in [0.1, 0.15) is 11.5 Å². The predicted octanol–water partition coefficient (Wildman–Crippen LogP) is 5.33. The Morgan fingerprint density at radius 1 is 0.970 bits per heavy atom. The molecule has 7 heteroatoms. The summed E-state index contributed by atoms with van der Waals surface area (Å²) in [5, 5.41) is 3.65. The van der Waals surface area contributed by atoms with Crippen LogP contribution in [0.2, 0.25) is 0 Å². The number of hydrogen-bond acceptors (Lipinski definition) is 5. The molecular formula is C26H26N2O4S. The van der Waals surface area contributed by atoms with Crippen molar-refractivity contribution < 1.29 is 17.9 Å². The van der Waals surface area contributed by atoms with E-state index in [9.17, 15) is 8.42 Å². The summed E-state index contributed by atoms with van der Waals surface area (Å²) < 4.78 is 39.7. The molecule has 2 aliphatic rings. The molecule has 170 valence electrons. The molecular weight excluding hydrogens is 436 g/mol. The van der Waals surface area contributed by atoms with E-state index >= 15 is 0 Å². The predicted molar refractivity (Wildman–Crippen MR) is 130 cm³/mol. The third kappa shape index (κ3) is 3.93. The Labute approximate surface area is 194 Å². The van der Waals surface area contributed by atoms with Gasteiger partial charge in [-0.1, -0.05) is 36.4 Å². The molecule has 0 radical (unpaired) electrons. The summed E-state index contributed by atoms with van der Waals surface area (Å²) in [5.74, 6) is 1.73. The first-order chi connectivity index (χ1) is 16.0. The second-order valence-corrected chi connectivity index (χ2v) is 9.99. The number of sulfonamides is 1. The molecule has 2 N–H and O–H groups in total. The number of methoxy groups -OCH3 is 2. The Morgan fingerprint density at radius 2 is 1.82 bits per heavy atom. The standard InChI is InChI=1S/C26H26N2O4S/c1-31-18-8-5-7-17(15-18)26-21-10-6-9-20(21)22-16-19(13-14-23(22)27-26)33(29,30)28-24-11-3-4-12-25(24)32-2/h3-9,11-16,20-21,26-28H,10H2,1-2H3/t20-,21+,26+/m0/s1. The second kappa shape index (κ2) is 8.48. The zero-order chi connectivity index (χ0) is 23.0. The number of ether oxygens (including phenoxy) is 2. The van der Waals surface area contributed by atoms with Crippen molar-refractivity contribution in [3.8, 4) is 11.5 Å². The lowest BCUT2D eigenvalue weighted by atomic mass is 9.77. The van der Waals surface area contributed by atoms with Crippen LogP contribution in [0.3, 0.4) is 0 Å². The first kappa shape index (κ1) is 21.4. The molecule has 0 saturated heterocycles. The lowest BCUT2D eigenvalue weighted by Crippen LogP contribution is -2.29. The number of fused-ring (bicyclic) bond motifs is 3. The summed E-state index contributed by atoms with van der Waals surface area (Å²) in [6.45, 7) is 0. The topological polar surface area (TPSA) is 76.7 Å². The van der Waals surface area contributed by atoms with E-state index in [0.717, 1.165) is 29.0 Å². The van der Waals surface area contributed by atoms with Gasteiger partial charge in [-0.2, -0.15) is 0 Å². The minimum atomic E-state index is -3.78. The summed E-state index contributed by atoms with van der Waals surface area (Å²) in [6, 6.07) is 20.5. The van der Waals surface area contributed by atoms with Gasteiger partial charge in [-0.05, 0) is 65.9 Å². The van der Waals surface area contributed by atoms with Crippen LogP contribution in [0.1, 0.15) is 29.5 Å². The van der Waals surface area contributed by atoms with E-state index in [2.05, 4.69) is 34.3 Å². The molecule has 33 heavy (non-hydrogen) atoms. The average molecular weight is 463 g/mol. The van der Waals surface area contributed by atoms with Crippen LogP contribution < -0.4 is 19.5 Å². The normalized spacial score (nSPS) is 21.0. The van der Waals surface area contributed by atoms with Crippen molar-refractivity contribution in [1.82, 2.24) is 0 Å². The maximum absolute atomic E-state index is 13.2. The van der Waals surface area contributed by atoms with Crippen LogP contribution in [0.5, 0.6) is 11.5 Å². The molecule has 0 saturated carbocycles. The van der Waals surface area contributed by atoms with E-state index in [-0.39, 0.29) is 16.9 Å². The summed E-state index contributed by atoms with van der Waals surface area (Å²) in [5.41, 5.74) is 3.52. The van der Waals surface area contributed by atoms with Gasteiger partial charge in [-0.15, -0.1) is 0 Å². The van der Waals surface area contributed by atoms with Gasteiger partial charge in [0.25, 0.3) is 10.0 Å². The Kier molecular flexibility index (Phi) is 5.50. The number of allylic oxidation sites excluding steroid dienone is 2. The number of rotatable bonds is 6. The fraction of sp³-hybridized carbons (Fsp3) is 0.231. The highest BCUT2D eigenvalue weighted by atomic mass is 32.2. The molecule has 3 atom stereocenters. The Hall–Kier alpha value is -3.45. The summed E-state index contributed by atoms with van der Waals surface area (Å²) >= 11 is 0. The molecule has 3 aromatic rings. The lowest BCUT2D eigenvalue weighted by Gasteiger charge is -2.37. The maximum atomic E-state index is 13.2. The number of hydrogen-bond donors (Lipinski definition) is 2. The van der Waals surface area contributed by atoms with Gasteiger partial charge in [-0.3, -0.25) is 4.72 Å². The highest BCUT2D eigenvalue weighted by Crippen LogP contribution is 2.50. The van der Waals surface area contributed by atoms with Crippen LogP contribution in [0.15, 0.2) is 83.8 Å². The van der Waals surface area contributed by atoms with Crippen LogP contribution in [0, 0.1) is 5.92 Å². The van der Waals surface area contributed by atoms with Crippen molar-refractivity contribution >= 4 is 21.4 Å². The van der Waals surface area contributed by atoms with Crippen LogP contribution >= 0.6 is 0 Å². The molecule has 0 unspecified atom stereocenters. The van der Waals surface area contributed by atoms with Crippen LogP contribution in [-0.4, -0.2) is 22.6 Å². The SMILES string of the molecule is COc1cccc([C@H]2Nc3ccc(S(=O)(=O)Nc4ccccc4OC)cc3[C@H]3C=CC[C@H]32)c1. The number of nitrogens with one attached hydrogen (secondary N) is 2. The maximum Gasteiger partial charge on any atom is 0.262 e. The molecule has 1 aliphatic carbocycles. The first-order valence-corrected chi connectivity index (χ1v) is 12.4. The largest absolute Gasteiger partial charge is 0.497 e. The fourth-order valence-corrected chi connectivity index (χ4v) is 5.94. The van der Waals surface area contributed by atoms with Crippen LogP contribution in [0.25, 0.3) is 0 Å². The van der Waals surface area contributed by atoms with Gasteiger partial charge in [0.15, 0.2) is 0 Å². The van der Waals surface area contributed by atoms with E-state index in [1.807, 2.05) is 18.2 Å². The lowest BCUT2D eigenvalue weighted by molar-refractivity contribution is 0.406. The van der Waals surface area contributed by atoms with Crippen molar-refractivity contribution in [2.24, 2.45) is 5.92 Å². The molecule has 1 heterocycles. The average Bonchev–Trinajstić information content (AvgIpc) is 3.34. The fourth-order valence-electron chi connectivity index (χ4n) is 4.84. The van der Waals surface area contributed by atoms with Crippen molar-refractivity contribution in [3.05, 3.63) is 90.0 Å². The molecule has 0 amide bonds. The first-order valence-electron chi connectivity index (χ1n) is 10.9. The van der Waals surface area contributed by atoms with Gasteiger partial charge < -0.3 is 14.8 Å². The van der Waals surface area contributed by atoms with Gasteiger partial charge in [0.05, 0.1) is 30.8 Å². The van der Waals surface area contributed by atoms with Gasteiger partial charge >= 0.3 is 0 Å². The molecule has 6 nitrogen and oxygen atoms in total. The summed E-state index contributed by atoms with van der Waals surface area (Å²) in [4.78, 5) is 0.229. The second-order valence-electron chi connectivity index (χ2n) is 8.31. The van der Waals surface area contributed by atoms with E-state index < -0.39 is 10.0 Å². The van der Waals surface area contributed by atoms with Crippen molar-refractivity contribution in [3.63, 3.8) is 0 Å². The van der Waals surface area contributed by atoms with Crippen molar-refractivity contribution in [1.29, 1.82) is 0 Å². The Bertz CT molecular complexity index is 1320. The quantitative estimate of drug-likeness (QED) is 0.484. The summed E-state index contributed by atoms with van der Waals surface area (Å²) in [6.07, 6.45) is 5.31. The molecule has 1 aliphatic heterocycles. The highest BCUT2D eigenvalue weighted by Gasteiger charge is 2.38. The van der Waals surface area contributed by atoms with Crippen molar-refractivity contribution in [2.45, 2.75) is 23.3 Å². The molecule has 0 aromatic heterocycles. The number of anilines is 2. The highest BCUT2D eigenvalue weighted by molar-refractivity contribution is 7.92. The zero-order valence-corrected chi connectivity index (χ0v) is 19.3. The third-order valence-corrected chi connectivity index (χ3v) is 7.81. The zero-order valence-electron chi connectivity index (χ0n) is 18.5. The van der Waals surface area contributed by atoms with Crippen LogP contribution in [0.4, 0.5) is 11.4 Å². The number of benzene rings is 3. The van der Waals surface area contributed by atoms with Gasteiger partial charge in [-0.25, -0.2) is 8.42 Å². The Balaban J connectivity index is 1.49. The summed E-state index contributed by atoms with van der Waals surface area (Å²) in [7, 11) is -0.594. The van der Waals surface area contributed by atoms with E-state index in [0.29, 0.717) is 17.4 Å². The smallest absolute Gasteiger partial charge is 0.262 e. The van der Waals surface area contributed by atoms with E-state index in [1.54, 1.807) is 43.5 Å². The Morgan fingerprint density at radius 3 is 2.64 bits per heavy atom. The van der Waals surface area contributed by atoms with Gasteiger partial charge in [0.2, 0.25) is 0 Å². The molecule has 0 bridgehead atoms. The molecule has 0 fully saturated rings. The van der Waals surface area contributed by atoms with Crippen molar-refractivity contribution in [2.75, 3.05) is 24.3 Å². The molecule has 3 aromatic carbocycles. The number of para-hydroxylation sites is 2. The molecule has 5 rings (SSSR count). The monoisotopic (exact) mass is 462 g/mol.